The molecular formula is C23H28FN3O2. The van der Waals surface area contributed by atoms with Crippen molar-refractivity contribution in [2.24, 2.45) is 17.1 Å². The number of nitrogens with one attached hydrogen (secondary N) is 1. The number of hydrogen-bond acceptors (Lipinski definition) is 3. The van der Waals surface area contributed by atoms with Crippen molar-refractivity contribution in [2.45, 2.75) is 26.7 Å². The summed E-state index contributed by atoms with van der Waals surface area (Å²) in [5, 5.41) is 2.75. The number of hydrogen-bond donors (Lipinski definition) is 2. The quantitative estimate of drug-likeness (QED) is 0.827. The summed E-state index contributed by atoms with van der Waals surface area (Å²) in [5.41, 5.74) is 6.86. The fourth-order valence-electron chi connectivity index (χ4n) is 3.61. The van der Waals surface area contributed by atoms with Gasteiger partial charge in [-0.3, -0.25) is 9.59 Å². The van der Waals surface area contributed by atoms with Crippen LogP contribution in [0, 0.1) is 17.2 Å². The standard InChI is InChI=1S/C23H28FN3O2/c1-23(2,3)22(29)26-17-9-10-20(24)18(11-17)21(28)27-13-16(12-25)19(14-27)15-7-5-4-6-8-15/h4-11,16,19H,12-14,25H2,1-3H3,(H,26,29)/t16-,19+/m1/s1. The maximum atomic E-state index is 14.5. The van der Waals surface area contributed by atoms with Gasteiger partial charge in [0, 0.05) is 30.1 Å². The lowest BCUT2D eigenvalue weighted by Gasteiger charge is -2.20. The lowest BCUT2D eigenvalue weighted by Crippen LogP contribution is -2.31. The summed E-state index contributed by atoms with van der Waals surface area (Å²) in [6, 6.07) is 14.0. The molecule has 1 heterocycles. The van der Waals surface area contributed by atoms with E-state index >= 15 is 0 Å². The average Bonchev–Trinajstić information content (AvgIpc) is 3.13. The van der Waals surface area contributed by atoms with Crippen LogP contribution in [0.2, 0.25) is 0 Å². The lowest BCUT2D eigenvalue weighted by atomic mass is 9.89. The number of carbonyl (C=O) groups excluding carboxylic acids is 2. The highest BCUT2D eigenvalue weighted by atomic mass is 19.1. The van der Waals surface area contributed by atoms with Crippen LogP contribution in [0.4, 0.5) is 10.1 Å². The Bertz CT molecular complexity index is 893. The Morgan fingerprint density at radius 2 is 1.83 bits per heavy atom. The minimum Gasteiger partial charge on any atom is -0.338 e. The molecule has 1 aliphatic heterocycles. The van der Waals surface area contributed by atoms with Crippen molar-refractivity contribution in [2.75, 3.05) is 25.0 Å². The molecule has 0 aromatic heterocycles. The van der Waals surface area contributed by atoms with Crippen molar-refractivity contribution in [1.82, 2.24) is 4.90 Å². The number of carbonyl (C=O) groups is 2. The predicted octanol–water partition coefficient (Wildman–Crippen LogP) is 3.62. The van der Waals surface area contributed by atoms with Crippen molar-refractivity contribution < 1.29 is 14.0 Å². The fraction of sp³-hybridized carbons (Fsp3) is 0.391. The molecule has 0 bridgehead atoms. The van der Waals surface area contributed by atoms with Crippen LogP contribution in [-0.4, -0.2) is 36.3 Å². The number of rotatable bonds is 4. The molecule has 0 spiro atoms. The van der Waals surface area contributed by atoms with Gasteiger partial charge in [-0.05, 0) is 36.2 Å². The van der Waals surface area contributed by atoms with Crippen LogP contribution in [0.1, 0.15) is 42.6 Å². The largest absolute Gasteiger partial charge is 0.338 e. The highest BCUT2D eigenvalue weighted by molar-refractivity contribution is 5.98. The average molecular weight is 397 g/mol. The zero-order valence-corrected chi connectivity index (χ0v) is 17.1. The zero-order valence-electron chi connectivity index (χ0n) is 17.1. The molecule has 2 amide bonds. The van der Waals surface area contributed by atoms with Crippen molar-refractivity contribution in [3.63, 3.8) is 0 Å². The first-order valence-corrected chi connectivity index (χ1v) is 9.86. The Morgan fingerprint density at radius 1 is 1.14 bits per heavy atom. The SMILES string of the molecule is CC(C)(C)C(=O)Nc1ccc(F)c(C(=O)N2C[C@@H](CN)[C@H](c3ccccc3)C2)c1. The zero-order chi connectivity index (χ0) is 21.2. The summed E-state index contributed by atoms with van der Waals surface area (Å²) in [4.78, 5) is 27.0. The van der Waals surface area contributed by atoms with Gasteiger partial charge in [0.15, 0.2) is 0 Å². The Labute approximate surface area is 171 Å². The summed E-state index contributed by atoms with van der Waals surface area (Å²) in [5.74, 6) is -0.941. The molecule has 1 aliphatic rings. The van der Waals surface area contributed by atoms with E-state index in [1.54, 1.807) is 25.7 Å². The van der Waals surface area contributed by atoms with E-state index < -0.39 is 11.2 Å². The molecule has 6 heteroatoms. The van der Waals surface area contributed by atoms with Crippen LogP contribution in [0.3, 0.4) is 0 Å². The topological polar surface area (TPSA) is 75.4 Å². The third kappa shape index (κ3) is 4.65. The molecule has 0 saturated carbocycles. The van der Waals surface area contributed by atoms with Gasteiger partial charge in [-0.2, -0.15) is 0 Å². The normalized spacial score (nSPS) is 19.3. The van der Waals surface area contributed by atoms with Gasteiger partial charge in [0.2, 0.25) is 5.91 Å². The fourth-order valence-corrected chi connectivity index (χ4v) is 3.61. The van der Waals surface area contributed by atoms with Gasteiger partial charge in [0.05, 0.1) is 5.56 Å². The molecule has 154 valence electrons. The third-order valence-electron chi connectivity index (χ3n) is 5.39. The van der Waals surface area contributed by atoms with E-state index in [1.807, 2.05) is 30.3 Å². The van der Waals surface area contributed by atoms with Gasteiger partial charge >= 0.3 is 0 Å². The van der Waals surface area contributed by atoms with Gasteiger partial charge in [-0.25, -0.2) is 4.39 Å². The lowest BCUT2D eigenvalue weighted by molar-refractivity contribution is -0.123. The van der Waals surface area contributed by atoms with Gasteiger partial charge in [0.1, 0.15) is 5.82 Å². The summed E-state index contributed by atoms with van der Waals surface area (Å²) in [6.45, 7) is 6.79. The molecule has 2 atom stereocenters. The first-order valence-electron chi connectivity index (χ1n) is 9.86. The first-order chi connectivity index (χ1) is 13.7. The second-order valence-electron chi connectivity index (χ2n) is 8.62. The molecular weight excluding hydrogens is 369 g/mol. The number of benzene rings is 2. The Morgan fingerprint density at radius 3 is 2.45 bits per heavy atom. The number of anilines is 1. The van der Waals surface area contributed by atoms with Gasteiger partial charge in [-0.1, -0.05) is 51.1 Å². The van der Waals surface area contributed by atoms with E-state index in [0.717, 1.165) is 5.56 Å². The number of halogens is 1. The minimum atomic E-state index is -0.601. The number of amides is 2. The van der Waals surface area contributed by atoms with Crippen LogP contribution < -0.4 is 11.1 Å². The smallest absolute Gasteiger partial charge is 0.256 e. The number of likely N-dealkylation sites (tertiary alicyclic amines) is 1. The van der Waals surface area contributed by atoms with Crippen LogP contribution in [-0.2, 0) is 4.79 Å². The van der Waals surface area contributed by atoms with E-state index in [9.17, 15) is 14.0 Å². The van der Waals surface area contributed by atoms with E-state index in [2.05, 4.69) is 5.32 Å². The van der Waals surface area contributed by atoms with Crippen LogP contribution in [0.5, 0.6) is 0 Å². The number of nitrogens with two attached hydrogens (primary N) is 1. The van der Waals surface area contributed by atoms with E-state index in [0.29, 0.717) is 25.3 Å². The first kappa shape index (κ1) is 21.0. The van der Waals surface area contributed by atoms with Crippen molar-refractivity contribution in [3.05, 3.63) is 65.5 Å². The summed E-state index contributed by atoms with van der Waals surface area (Å²) >= 11 is 0. The molecule has 0 unspecified atom stereocenters. The van der Waals surface area contributed by atoms with Crippen molar-refractivity contribution in [3.8, 4) is 0 Å². The molecule has 3 rings (SSSR count). The van der Waals surface area contributed by atoms with Crippen LogP contribution in [0.25, 0.3) is 0 Å². The maximum Gasteiger partial charge on any atom is 0.256 e. The van der Waals surface area contributed by atoms with E-state index in [4.69, 9.17) is 5.73 Å². The highest BCUT2D eigenvalue weighted by Crippen LogP contribution is 2.33. The third-order valence-corrected chi connectivity index (χ3v) is 5.39. The predicted molar refractivity (Wildman–Crippen MR) is 112 cm³/mol. The second-order valence-corrected chi connectivity index (χ2v) is 8.62. The molecule has 3 N–H and O–H groups in total. The highest BCUT2D eigenvalue weighted by Gasteiger charge is 2.36. The van der Waals surface area contributed by atoms with Crippen molar-refractivity contribution in [1.29, 1.82) is 0 Å². The Kier molecular flexibility index (Phi) is 6.03. The monoisotopic (exact) mass is 397 g/mol. The van der Waals surface area contributed by atoms with Crippen LogP contribution >= 0.6 is 0 Å². The molecule has 1 saturated heterocycles. The maximum absolute atomic E-state index is 14.5. The molecule has 1 fully saturated rings. The van der Waals surface area contributed by atoms with Gasteiger partial charge < -0.3 is 16.0 Å². The summed E-state index contributed by atoms with van der Waals surface area (Å²) in [6.07, 6.45) is 0. The Hall–Kier alpha value is -2.73. The molecule has 2 aromatic rings. The van der Waals surface area contributed by atoms with Gasteiger partial charge in [-0.15, -0.1) is 0 Å². The van der Waals surface area contributed by atoms with E-state index in [1.165, 1.54) is 18.2 Å². The molecule has 2 aromatic carbocycles. The van der Waals surface area contributed by atoms with Crippen molar-refractivity contribution >= 4 is 17.5 Å². The number of nitrogens with zero attached hydrogens (tertiary/aromatic N) is 1. The summed E-state index contributed by atoms with van der Waals surface area (Å²) in [7, 11) is 0. The second kappa shape index (κ2) is 8.33. The molecule has 29 heavy (non-hydrogen) atoms. The summed E-state index contributed by atoms with van der Waals surface area (Å²) < 4.78 is 14.5. The molecule has 5 nitrogen and oxygen atoms in total. The Balaban J connectivity index is 1.81. The molecule has 0 aliphatic carbocycles. The van der Waals surface area contributed by atoms with Crippen LogP contribution in [0.15, 0.2) is 48.5 Å². The van der Waals surface area contributed by atoms with Gasteiger partial charge in [0.25, 0.3) is 5.91 Å². The molecule has 0 radical (unpaired) electrons. The minimum absolute atomic E-state index is 0.0406. The van der Waals surface area contributed by atoms with E-state index in [-0.39, 0.29) is 29.2 Å².